The zero-order valence-corrected chi connectivity index (χ0v) is 17.8. The first-order valence-electron chi connectivity index (χ1n) is 9.73. The van der Waals surface area contributed by atoms with Crippen LogP contribution >= 0.6 is 11.8 Å². The van der Waals surface area contributed by atoms with Gasteiger partial charge < -0.3 is 15.0 Å². The smallest absolute Gasteiger partial charge is 0.232 e. The monoisotopic (exact) mass is 403 g/mol. The molecule has 1 unspecified atom stereocenters. The number of anilines is 1. The van der Waals surface area contributed by atoms with Crippen molar-refractivity contribution in [1.29, 1.82) is 0 Å². The van der Waals surface area contributed by atoms with Crippen molar-refractivity contribution in [2.75, 3.05) is 37.0 Å². The maximum Gasteiger partial charge on any atom is 0.232 e. The van der Waals surface area contributed by atoms with E-state index < -0.39 is 0 Å². The number of morpholine rings is 1. The van der Waals surface area contributed by atoms with E-state index in [-0.39, 0.29) is 11.9 Å². The average molecular weight is 404 g/mol. The topological polar surface area (TPSA) is 72.3 Å². The van der Waals surface area contributed by atoms with Gasteiger partial charge in [0.15, 0.2) is 5.16 Å². The molecule has 0 bridgehead atoms. The zero-order valence-electron chi connectivity index (χ0n) is 17.0. The van der Waals surface area contributed by atoms with Crippen molar-refractivity contribution in [3.05, 3.63) is 29.8 Å². The first-order chi connectivity index (χ1) is 13.5. The van der Waals surface area contributed by atoms with Gasteiger partial charge in [-0.25, -0.2) is 0 Å². The Morgan fingerprint density at radius 2 is 2.00 bits per heavy atom. The minimum Gasteiger partial charge on any atom is -0.378 e. The molecule has 0 spiro atoms. The van der Waals surface area contributed by atoms with E-state index in [4.69, 9.17) is 4.74 Å². The summed E-state index contributed by atoms with van der Waals surface area (Å²) in [5, 5.41) is 12.6. The molecule has 0 aliphatic carbocycles. The Kier molecular flexibility index (Phi) is 6.96. The molecular weight excluding hydrogens is 374 g/mol. The van der Waals surface area contributed by atoms with Gasteiger partial charge in [-0.3, -0.25) is 9.36 Å². The van der Waals surface area contributed by atoms with Gasteiger partial charge in [0, 0.05) is 19.1 Å². The van der Waals surface area contributed by atoms with E-state index in [9.17, 15) is 4.79 Å². The van der Waals surface area contributed by atoms with Gasteiger partial charge in [0.25, 0.3) is 0 Å². The lowest BCUT2D eigenvalue weighted by molar-refractivity contribution is -0.119. The Morgan fingerprint density at radius 3 is 2.68 bits per heavy atom. The highest BCUT2D eigenvalue weighted by Crippen LogP contribution is 2.27. The lowest BCUT2D eigenvalue weighted by atomic mass is 10.1. The first kappa shape index (κ1) is 20.7. The molecule has 1 aromatic heterocycles. The number of carbonyl (C=O) groups is 1. The van der Waals surface area contributed by atoms with Crippen LogP contribution in [-0.2, 0) is 9.53 Å². The summed E-state index contributed by atoms with van der Waals surface area (Å²) in [4.78, 5) is 14.5. The molecule has 2 heterocycles. The molecule has 0 saturated carbocycles. The van der Waals surface area contributed by atoms with E-state index in [1.54, 1.807) is 0 Å². The lowest BCUT2D eigenvalue weighted by Gasteiger charge is -2.28. The van der Waals surface area contributed by atoms with Gasteiger partial charge in [0.2, 0.25) is 11.9 Å². The number of rotatable bonds is 7. The van der Waals surface area contributed by atoms with Gasteiger partial charge in [-0.1, -0.05) is 37.7 Å². The second kappa shape index (κ2) is 9.43. The predicted molar refractivity (Wildman–Crippen MR) is 112 cm³/mol. The molecule has 1 fully saturated rings. The van der Waals surface area contributed by atoms with Crippen LogP contribution in [0, 0.1) is 12.8 Å². The Balaban J connectivity index is 1.82. The van der Waals surface area contributed by atoms with E-state index in [2.05, 4.69) is 53.3 Å². The molecule has 1 aliphatic rings. The molecular formula is C20H29N5O2S. The van der Waals surface area contributed by atoms with Gasteiger partial charge in [-0.15, -0.1) is 10.2 Å². The summed E-state index contributed by atoms with van der Waals surface area (Å²) >= 11 is 1.41. The molecule has 1 saturated heterocycles. The quantitative estimate of drug-likeness (QED) is 0.717. The van der Waals surface area contributed by atoms with Crippen LogP contribution in [0.3, 0.4) is 0 Å². The highest BCUT2D eigenvalue weighted by atomic mass is 32.2. The fourth-order valence-electron chi connectivity index (χ4n) is 2.91. The standard InChI is InChI=1S/C20H29N5O2S/c1-14(2)16(4)21-18(26)13-28-20-23-22-19(24-8-10-27-11-9-24)25(20)17-7-5-6-15(3)12-17/h5-7,12,14,16H,8-11,13H2,1-4H3,(H,21,26). The third-order valence-corrected chi connectivity index (χ3v) is 5.82. The van der Waals surface area contributed by atoms with Gasteiger partial charge in [0.1, 0.15) is 0 Å². The second-order valence-electron chi connectivity index (χ2n) is 7.45. The van der Waals surface area contributed by atoms with Crippen molar-refractivity contribution >= 4 is 23.6 Å². The number of benzene rings is 1. The van der Waals surface area contributed by atoms with Crippen LogP contribution in [0.5, 0.6) is 0 Å². The number of hydrogen-bond donors (Lipinski definition) is 1. The average Bonchev–Trinajstić information content (AvgIpc) is 3.11. The van der Waals surface area contributed by atoms with Crippen molar-refractivity contribution in [2.45, 2.75) is 38.9 Å². The number of amides is 1. The maximum atomic E-state index is 12.3. The summed E-state index contributed by atoms with van der Waals surface area (Å²) in [6, 6.07) is 8.39. The summed E-state index contributed by atoms with van der Waals surface area (Å²) in [6.07, 6.45) is 0. The molecule has 8 heteroatoms. The number of nitrogens with zero attached hydrogens (tertiary/aromatic N) is 4. The minimum atomic E-state index is 0.0120. The molecule has 7 nitrogen and oxygen atoms in total. The number of aromatic nitrogens is 3. The third-order valence-electron chi connectivity index (χ3n) is 4.89. The first-order valence-corrected chi connectivity index (χ1v) is 10.7. The largest absolute Gasteiger partial charge is 0.378 e. The molecule has 1 amide bonds. The molecule has 0 radical (unpaired) electrons. The number of thioether (sulfide) groups is 1. The van der Waals surface area contributed by atoms with Crippen LogP contribution in [-0.4, -0.2) is 58.8 Å². The SMILES string of the molecule is Cc1cccc(-n2c(SCC(=O)NC(C)C(C)C)nnc2N2CCOCC2)c1. The summed E-state index contributed by atoms with van der Waals surface area (Å²) in [5.41, 5.74) is 2.17. The highest BCUT2D eigenvalue weighted by Gasteiger charge is 2.22. The Bertz CT molecular complexity index is 802. The number of hydrogen-bond acceptors (Lipinski definition) is 6. The van der Waals surface area contributed by atoms with Crippen LogP contribution in [0.4, 0.5) is 5.95 Å². The normalized spacial score (nSPS) is 15.7. The second-order valence-corrected chi connectivity index (χ2v) is 8.39. The van der Waals surface area contributed by atoms with E-state index in [1.165, 1.54) is 17.3 Å². The number of carbonyl (C=O) groups excluding carboxylic acids is 1. The highest BCUT2D eigenvalue weighted by molar-refractivity contribution is 7.99. The van der Waals surface area contributed by atoms with Crippen molar-refractivity contribution in [2.24, 2.45) is 5.92 Å². The fourth-order valence-corrected chi connectivity index (χ4v) is 3.67. The summed E-state index contributed by atoms with van der Waals surface area (Å²) in [7, 11) is 0. The Labute approximate surface area is 170 Å². The molecule has 3 rings (SSSR count). The maximum absolute atomic E-state index is 12.3. The molecule has 152 valence electrons. The van der Waals surface area contributed by atoms with E-state index in [1.807, 2.05) is 23.6 Å². The van der Waals surface area contributed by atoms with E-state index in [0.29, 0.717) is 24.9 Å². The Morgan fingerprint density at radius 1 is 1.25 bits per heavy atom. The third kappa shape index (κ3) is 5.05. The predicted octanol–water partition coefficient (Wildman–Crippen LogP) is 2.67. The minimum absolute atomic E-state index is 0.0120. The van der Waals surface area contributed by atoms with Crippen molar-refractivity contribution in [3.63, 3.8) is 0 Å². The van der Waals surface area contributed by atoms with Crippen LogP contribution in [0.15, 0.2) is 29.4 Å². The molecule has 1 aliphatic heterocycles. The molecule has 2 aromatic rings. The van der Waals surface area contributed by atoms with Crippen molar-refractivity contribution in [3.8, 4) is 5.69 Å². The van der Waals surface area contributed by atoms with Gasteiger partial charge >= 0.3 is 0 Å². The number of ether oxygens (including phenoxy) is 1. The van der Waals surface area contributed by atoms with E-state index in [0.717, 1.165) is 29.9 Å². The van der Waals surface area contributed by atoms with Gasteiger partial charge in [-0.2, -0.15) is 0 Å². The number of aryl methyl sites for hydroxylation is 1. The van der Waals surface area contributed by atoms with Crippen LogP contribution in [0.25, 0.3) is 5.69 Å². The summed E-state index contributed by atoms with van der Waals surface area (Å²) in [5.74, 6) is 1.52. The zero-order chi connectivity index (χ0) is 20.1. The number of nitrogens with one attached hydrogen (secondary N) is 1. The lowest BCUT2D eigenvalue weighted by Crippen LogP contribution is -2.38. The molecule has 1 N–H and O–H groups in total. The summed E-state index contributed by atoms with van der Waals surface area (Å²) in [6.45, 7) is 11.2. The van der Waals surface area contributed by atoms with Crippen LogP contribution in [0.1, 0.15) is 26.3 Å². The van der Waals surface area contributed by atoms with Crippen LogP contribution in [0.2, 0.25) is 0 Å². The van der Waals surface area contributed by atoms with Crippen molar-refractivity contribution < 1.29 is 9.53 Å². The Hall–Kier alpha value is -2.06. The van der Waals surface area contributed by atoms with Crippen molar-refractivity contribution in [1.82, 2.24) is 20.1 Å². The summed E-state index contributed by atoms with van der Waals surface area (Å²) < 4.78 is 7.51. The van der Waals surface area contributed by atoms with Gasteiger partial charge in [-0.05, 0) is 37.5 Å². The van der Waals surface area contributed by atoms with Crippen LogP contribution < -0.4 is 10.2 Å². The molecule has 28 heavy (non-hydrogen) atoms. The molecule has 1 aromatic carbocycles. The van der Waals surface area contributed by atoms with Gasteiger partial charge in [0.05, 0.1) is 24.7 Å². The molecule has 1 atom stereocenters. The van der Waals surface area contributed by atoms with E-state index >= 15 is 0 Å². The fraction of sp³-hybridized carbons (Fsp3) is 0.550.